The van der Waals surface area contributed by atoms with Gasteiger partial charge in [0.25, 0.3) is 0 Å². The smallest absolute Gasteiger partial charge is 0.166 e. The minimum atomic E-state index is -0.686. The topological polar surface area (TPSA) is 41.9 Å². The van der Waals surface area contributed by atoms with Crippen LogP contribution in [0.25, 0.3) is 0 Å². The van der Waals surface area contributed by atoms with Crippen LogP contribution in [-0.2, 0) is 11.8 Å². The van der Waals surface area contributed by atoms with Gasteiger partial charge in [0.05, 0.1) is 18.1 Å². The maximum atomic E-state index is 12.4. The van der Waals surface area contributed by atoms with Crippen LogP contribution in [0.4, 0.5) is 0 Å². The zero-order chi connectivity index (χ0) is 18.7. The maximum absolute atomic E-state index is 12.4. The number of piperidine rings is 1. The zero-order valence-electron chi connectivity index (χ0n) is 16.7. The Morgan fingerprint density at radius 3 is 2.82 bits per heavy atom. The lowest BCUT2D eigenvalue weighted by atomic mass is 9.48. The maximum Gasteiger partial charge on any atom is 0.166 e. The second-order valence-corrected chi connectivity index (χ2v) is 10.1. The van der Waals surface area contributed by atoms with Gasteiger partial charge < -0.3 is 14.6 Å². The van der Waals surface area contributed by atoms with Crippen LogP contribution < -0.4 is 9.47 Å². The van der Waals surface area contributed by atoms with Gasteiger partial charge in [-0.05, 0) is 81.0 Å². The third-order valence-corrected chi connectivity index (χ3v) is 8.76. The summed E-state index contributed by atoms with van der Waals surface area (Å²) in [5, 5.41) is 12.4. The van der Waals surface area contributed by atoms with E-state index in [-0.39, 0.29) is 17.6 Å². The van der Waals surface area contributed by atoms with Gasteiger partial charge in [0.2, 0.25) is 0 Å². The molecule has 1 saturated heterocycles. The first-order valence-corrected chi connectivity index (χ1v) is 11.2. The fourth-order valence-corrected chi connectivity index (χ4v) is 7.20. The van der Waals surface area contributed by atoms with Gasteiger partial charge in [0.15, 0.2) is 11.5 Å². The van der Waals surface area contributed by atoms with E-state index >= 15 is 0 Å². The fraction of sp³-hybridized carbons (Fsp3) is 0.667. The number of allylic oxidation sites excluding steroid dienone is 1. The molecule has 1 spiro atoms. The Balaban J connectivity index is 1.46. The summed E-state index contributed by atoms with van der Waals surface area (Å²) in [6, 6.07) is 4.56. The van der Waals surface area contributed by atoms with Gasteiger partial charge in [0.1, 0.15) is 6.10 Å². The molecule has 4 aliphatic carbocycles. The lowest BCUT2D eigenvalue weighted by Gasteiger charge is -2.63. The van der Waals surface area contributed by atoms with E-state index in [4.69, 9.17) is 9.47 Å². The molecule has 28 heavy (non-hydrogen) atoms. The highest BCUT2D eigenvalue weighted by Gasteiger charge is 2.72. The van der Waals surface area contributed by atoms with Crippen molar-refractivity contribution in [2.45, 2.75) is 74.5 Å². The van der Waals surface area contributed by atoms with Crippen LogP contribution in [0, 0.1) is 5.92 Å². The van der Waals surface area contributed by atoms with E-state index in [1.165, 1.54) is 48.9 Å². The van der Waals surface area contributed by atoms with E-state index in [1.54, 1.807) is 12.7 Å². The molecule has 1 aromatic rings. The number of rotatable bonds is 3. The normalized spacial score (nSPS) is 40.2. The lowest BCUT2D eigenvalue weighted by molar-refractivity contribution is -0.174. The summed E-state index contributed by atoms with van der Waals surface area (Å²) in [5.74, 6) is 2.62. The van der Waals surface area contributed by atoms with Gasteiger partial charge >= 0.3 is 0 Å². The molecule has 148 valence electrons. The summed E-state index contributed by atoms with van der Waals surface area (Å²) in [7, 11) is 1.73. The SMILES string of the molecule is COc1ccc2c3c1O[C@H]1C(=C4CC4)CC[C@@]4(O)[C@@H](C2)N(CC2CC2)CC[C@]314. The molecule has 2 aliphatic heterocycles. The molecule has 1 N–H and O–H groups in total. The van der Waals surface area contributed by atoms with E-state index in [2.05, 4.69) is 17.0 Å². The Morgan fingerprint density at radius 1 is 1.21 bits per heavy atom. The second-order valence-electron chi connectivity index (χ2n) is 10.1. The summed E-state index contributed by atoms with van der Waals surface area (Å²) in [6.45, 7) is 2.25. The van der Waals surface area contributed by atoms with Gasteiger partial charge in [-0.2, -0.15) is 0 Å². The summed E-state index contributed by atoms with van der Waals surface area (Å²) < 4.78 is 12.5. The lowest BCUT2D eigenvalue weighted by Crippen LogP contribution is -2.75. The number of likely N-dealkylation sites (tertiary alicyclic amines) is 1. The van der Waals surface area contributed by atoms with Crippen molar-refractivity contribution >= 4 is 0 Å². The first-order chi connectivity index (χ1) is 13.7. The third kappa shape index (κ3) is 1.80. The number of benzene rings is 1. The molecule has 7 rings (SSSR count). The van der Waals surface area contributed by atoms with Gasteiger partial charge in [0, 0.05) is 18.2 Å². The van der Waals surface area contributed by atoms with E-state index in [1.807, 2.05) is 0 Å². The second kappa shape index (κ2) is 5.14. The molecule has 0 unspecified atom stereocenters. The van der Waals surface area contributed by atoms with Crippen molar-refractivity contribution in [1.29, 1.82) is 0 Å². The molecular formula is C24H29NO3. The summed E-state index contributed by atoms with van der Waals surface area (Å²) >= 11 is 0. The predicted octanol–water partition coefficient (Wildman–Crippen LogP) is 3.35. The van der Waals surface area contributed by atoms with Crippen LogP contribution in [-0.4, -0.2) is 48.0 Å². The average Bonchev–Trinajstić information content (AvgIpc) is 3.60. The Kier molecular flexibility index (Phi) is 2.99. The van der Waals surface area contributed by atoms with Crippen molar-refractivity contribution in [2.75, 3.05) is 20.2 Å². The van der Waals surface area contributed by atoms with Gasteiger partial charge in [-0.15, -0.1) is 0 Å². The van der Waals surface area contributed by atoms with Crippen molar-refractivity contribution in [2.24, 2.45) is 5.92 Å². The molecule has 0 radical (unpaired) electrons. The van der Waals surface area contributed by atoms with Crippen LogP contribution in [0.1, 0.15) is 56.1 Å². The predicted molar refractivity (Wildman–Crippen MR) is 106 cm³/mol. The van der Waals surface area contributed by atoms with E-state index in [0.29, 0.717) is 0 Å². The first kappa shape index (κ1) is 16.3. The summed E-state index contributed by atoms with van der Waals surface area (Å²) in [4.78, 5) is 2.64. The number of nitrogens with zero attached hydrogens (tertiary/aromatic N) is 1. The summed E-state index contributed by atoms with van der Waals surface area (Å²) in [5.41, 5.74) is 4.81. The van der Waals surface area contributed by atoms with Crippen LogP contribution in [0.3, 0.4) is 0 Å². The Bertz CT molecular complexity index is 913. The molecule has 2 bridgehead atoms. The number of hydrogen-bond donors (Lipinski definition) is 1. The average molecular weight is 380 g/mol. The number of methoxy groups -OCH3 is 1. The molecule has 6 aliphatic rings. The molecule has 1 aromatic carbocycles. The minimum absolute atomic E-state index is 0.0136. The highest BCUT2D eigenvalue weighted by atomic mass is 16.5. The number of aliphatic hydroxyl groups is 1. The molecule has 3 saturated carbocycles. The number of ether oxygens (including phenoxy) is 2. The molecule has 2 heterocycles. The van der Waals surface area contributed by atoms with Crippen molar-refractivity contribution < 1.29 is 14.6 Å². The Labute approximate surface area is 166 Å². The van der Waals surface area contributed by atoms with Gasteiger partial charge in [-0.3, -0.25) is 4.90 Å². The van der Waals surface area contributed by atoms with Crippen molar-refractivity contribution in [3.05, 3.63) is 34.4 Å². The minimum Gasteiger partial charge on any atom is -0.493 e. The van der Waals surface area contributed by atoms with Crippen LogP contribution in [0.15, 0.2) is 23.3 Å². The largest absolute Gasteiger partial charge is 0.493 e. The monoisotopic (exact) mass is 379 g/mol. The van der Waals surface area contributed by atoms with Crippen molar-refractivity contribution in [3.63, 3.8) is 0 Å². The fourth-order valence-electron chi connectivity index (χ4n) is 7.20. The zero-order valence-corrected chi connectivity index (χ0v) is 16.7. The van der Waals surface area contributed by atoms with Crippen LogP contribution in [0.2, 0.25) is 0 Å². The highest BCUT2D eigenvalue weighted by Crippen LogP contribution is 2.67. The molecule has 0 aromatic heterocycles. The molecule has 4 fully saturated rings. The third-order valence-electron chi connectivity index (χ3n) is 8.76. The number of hydrogen-bond acceptors (Lipinski definition) is 4. The quantitative estimate of drug-likeness (QED) is 0.818. The molecule has 0 amide bonds. The first-order valence-electron chi connectivity index (χ1n) is 11.2. The molecule has 4 heteroatoms. The Hall–Kier alpha value is -1.52. The van der Waals surface area contributed by atoms with Crippen molar-refractivity contribution in [1.82, 2.24) is 4.90 Å². The summed E-state index contributed by atoms with van der Waals surface area (Å²) in [6.07, 6.45) is 9.02. The van der Waals surface area contributed by atoms with Crippen molar-refractivity contribution in [3.8, 4) is 11.5 Å². The Morgan fingerprint density at radius 2 is 2.07 bits per heavy atom. The van der Waals surface area contributed by atoms with Gasteiger partial charge in [-0.1, -0.05) is 11.6 Å². The van der Waals surface area contributed by atoms with Gasteiger partial charge in [-0.25, -0.2) is 0 Å². The van der Waals surface area contributed by atoms with E-state index in [9.17, 15) is 5.11 Å². The van der Waals surface area contributed by atoms with E-state index < -0.39 is 5.60 Å². The molecule has 4 atom stereocenters. The van der Waals surface area contributed by atoms with Crippen LogP contribution in [0.5, 0.6) is 11.5 Å². The standard InChI is InChI=1S/C24H29NO3/c1-27-18-7-6-16-12-19-24(26)9-8-17(15-4-5-15)22-23(24,20(16)21(18)28-22)10-11-25(19)13-14-2-3-14/h6-7,14,19,22,26H,2-5,8-13H2,1H3/t19-,22+,23+,24-/m1/s1. The van der Waals surface area contributed by atoms with E-state index in [0.717, 1.165) is 49.6 Å². The highest BCUT2D eigenvalue weighted by molar-refractivity contribution is 5.64. The van der Waals surface area contributed by atoms with Crippen LogP contribution >= 0.6 is 0 Å². The molecule has 4 nitrogen and oxygen atoms in total. The molecular weight excluding hydrogens is 350 g/mol.